The Morgan fingerprint density at radius 1 is 1.12 bits per heavy atom. The van der Waals surface area contributed by atoms with Crippen molar-refractivity contribution in [1.29, 1.82) is 0 Å². The number of aryl methyl sites for hydroxylation is 1. The molecule has 0 bridgehead atoms. The molecule has 0 fully saturated rings. The molecule has 2 aromatic carbocycles. The van der Waals surface area contributed by atoms with E-state index in [0.717, 1.165) is 5.56 Å². The second-order valence-corrected chi connectivity index (χ2v) is 7.40. The Labute approximate surface area is 161 Å². The zero-order valence-electron chi connectivity index (χ0n) is 14.7. The van der Waals surface area contributed by atoms with E-state index in [1.165, 1.54) is 16.7 Å². The minimum Gasteiger partial charge on any atom is -0.496 e. The van der Waals surface area contributed by atoms with Crippen molar-refractivity contribution >= 4 is 46.4 Å². The summed E-state index contributed by atoms with van der Waals surface area (Å²) in [7, 11) is 1.55. The lowest BCUT2D eigenvalue weighted by atomic mass is 10.0. The largest absolute Gasteiger partial charge is 0.496 e. The molecule has 0 spiro atoms. The first-order valence-electron chi connectivity index (χ1n) is 8.15. The van der Waals surface area contributed by atoms with Crippen LogP contribution in [0.1, 0.15) is 18.1 Å². The molecule has 3 rings (SSSR count). The van der Waals surface area contributed by atoms with Gasteiger partial charge in [0.15, 0.2) is 0 Å². The minimum absolute atomic E-state index is 0.331. The number of ether oxygens (including phenoxy) is 1. The van der Waals surface area contributed by atoms with Crippen LogP contribution < -0.4 is 9.64 Å². The predicted molar refractivity (Wildman–Crippen MR) is 107 cm³/mol. The van der Waals surface area contributed by atoms with Crippen molar-refractivity contribution in [3.8, 4) is 5.75 Å². The number of para-hydroxylation sites is 1. The fraction of sp³-hybridized carbons (Fsp3) is 0.200. The number of benzene rings is 2. The molecule has 0 unspecified atom stereocenters. The summed E-state index contributed by atoms with van der Waals surface area (Å²) in [5, 5.41) is 0.513. The molecule has 1 heterocycles. The zero-order valence-corrected chi connectivity index (χ0v) is 16.3. The molecule has 0 aromatic heterocycles. The number of rotatable bonds is 5. The summed E-state index contributed by atoms with van der Waals surface area (Å²) >= 11 is 7.56. The van der Waals surface area contributed by atoms with E-state index in [1.54, 1.807) is 37.4 Å². The molecular weight excluding hydrogens is 370 g/mol. The van der Waals surface area contributed by atoms with E-state index >= 15 is 0 Å². The summed E-state index contributed by atoms with van der Waals surface area (Å²) in [5.74, 6) is 0.537. The van der Waals surface area contributed by atoms with Crippen molar-refractivity contribution in [3.05, 3.63) is 63.5 Å². The van der Waals surface area contributed by atoms with Crippen LogP contribution in [-0.2, 0) is 9.59 Å². The van der Waals surface area contributed by atoms with E-state index in [1.807, 2.05) is 26.0 Å². The van der Waals surface area contributed by atoms with Gasteiger partial charge >= 0.3 is 0 Å². The fourth-order valence-electron chi connectivity index (χ4n) is 2.83. The third-order valence-electron chi connectivity index (χ3n) is 4.12. The van der Waals surface area contributed by atoms with Gasteiger partial charge in [-0.1, -0.05) is 42.8 Å². The Hall–Kier alpha value is -2.24. The summed E-state index contributed by atoms with van der Waals surface area (Å²) in [5.41, 5.74) is 2.34. The van der Waals surface area contributed by atoms with Crippen molar-refractivity contribution in [1.82, 2.24) is 0 Å². The summed E-state index contributed by atoms with van der Waals surface area (Å²) in [6, 6.07) is 12.4. The molecule has 0 N–H and O–H groups in total. The Morgan fingerprint density at radius 3 is 2.50 bits per heavy atom. The average molecular weight is 388 g/mol. The number of nitrogens with zero attached hydrogens (tertiary/aromatic N) is 1. The standard InChI is InChI=1S/C20H18ClNO3S/c1-4-26-18-17(14-7-5-6-8-16(14)25-3)19(23)22(20(18)24)13-10-9-12(2)15(21)11-13/h5-11H,4H2,1-3H3. The number of carbonyl (C=O) groups is 2. The maximum Gasteiger partial charge on any atom is 0.272 e. The SMILES string of the molecule is CCSC1=C(c2ccccc2OC)C(=O)N(c2ccc(C)c(Cl)c2)C1=O. The highest BCUT2D eigenvalue weighted by Crippen LogP contribution is 2.41. The normalized spacial score (nSPS) is 14.4. The molecule has 2 aromatic rings. The molecule has 4 nitrogen and oxygen atoms in total. The number of anilines is 1. The summed E-state index contributed by atoms with van der Waals surface area (Å²) in [6.45, 7) is 3.82. The molecular formula is C20H18ClNO3S. The highest BCUT2D eigenvalue weighted by molar-refractivity contribution is 8.04. The highest BCUT2D eigenvalue weighted by atomic mass is 35.5. The summed E-state index contributed by atoms with van der Waals surface area (Å²) in [4.78, 5) is 27.8. The molecule has 1 aliphatic heterocycles. The number of hydrogen-bond acceptors (Lipinski definition) is 4. The van der Waals surface area contributed by atoms with Crippen LogP contribution in [0, 0.1) is 6.92 Å². The fourth-order valence-corrected chi connectivity index (χ4v) is 3.85. The van der Waals surface area contributed by atoms with Gasteiger partial charge in [-0.05, 0) is 36.4 Å². The van der Waals surface area contributed by atoms with Gasteiger partial charge in [0.05, 0.1) is 23.3 Å². The predicted octanol–water partition coefficient (Wildman–Crippen LogP) is 4.69. The van der Waals surface area contributed by atoms with Crippen LogP contribution in [0.4, 0.5) is 5.69 Å². The van der Waals surface area contributed by atoms with Gasteiger partial charge in [-0.2, -0.15) is 0 Å². The lowest BCUT2D eigenvalue weighted by molar-refractivity contribution is -0.119. The number of carbonyl (C=O) groups excluding carboxylic acids is 2. The Kier molecular flexibility index (Phi) is 5.39. The van der Waals surface area contributed by atoms with Crippen LogP contribution in [-0.4, -0.2) is 24.7 Å². The van der Waals surface area contributed by atoms with Gasteiger partial charge in [0.1, 0.15) is 5.75 Å². The molecule has 0 atom stereocenters. The zero-order chi connectivity index (χ0) is 18.8. The van der Waals surface area contributed by atoms with Crippen molar-refractivity contribution < 1.29 is 14.3 Å². The van der Waals surface area contributed by atoms with E-state index in [2.05, 4.69) is 0 Å². The second-order valence-electron chi connectivity index (χ2n) is 5.72. The van der Waals surface area contributed by atoms with Gasteiger partial charge in [0, 0.05) is 10.6 Å². The van der Waals surface area contributed by atoms with Gasteiger partial charge in [-0.15, -0.1) is 11.8 Å². The van der Waals surface area contributed by atoms with Crippen molar-refractivity contribution in [3.63, 3.8) is 0 Å². The van der Waals surface area contributed by atoms with Crippen molar-refractivity contribution in [2.75, 3.05) is 17.8 Å². The number of halogens is 1. The first kappa shape index (κ1) is 18.5. The van der Waals surface area contributed by atoms with Crippen molar-refractivity contribution in [2.24, 2.45) is 0 Å². The van der Waals surface area contributed by atoms with E-state index < -0.39 is 0 Å². The van der Waals surface area contributed by atoms with Crippen LogP contribution >= 0.6 is 23.4 Å². The van der Waals surface area contributed by atoms with Crippen LogP contribution in [0.15, 0.2) is 47.4 Å². The topological polar surface area (TPSA) is 46.6 Å². The number of imide groups is 1. The monoisotopic (exact) mass is 387 g/mol. The first-order valence-corrected chi connectivity index (χ1v) is 9.51. The van der Waals surface area contributed by atoms with Gasteiger partial charge in [0.25, 0.3) is 11.8 Å². The summed E-state index contributed by atoms with van der Waals surface area (Å²) in [6.07, 6.45) is 0. The number of amides is 2. The Morgan fingerprint density at radius 2 is 1.85 bits per heavy atom. The maximum atomic E-state index is 13.2. The molecule has 0 radical (unpaired) electrons. The van der Waals surface area contributed by atoms with E-state index in [0.29, 0.717) is 38.3 Å². The molecule has 0 aliphatic carbocycles. The van der Waals surface area contributed by atoms with Gasteiger partial charge in [-0.25, -0.2) is 4.90 Å². The number of hydrogen-bond donors (Lipinski definition) is 0. The first-order chi connectivity index (χ1) is 12.5. The van der Waals surface area contributed by atoms with Gasteiger partial charge < -0.3 is 4.74 Å². The van der Waals surface area contributed by atoms with E-state index in [9.17, 15) is 9.59 Å². The number of thioether (sulfide) groups is 1. The van der Waals surface area contributed by atoms with Crippen molar-refractivity contribution in [2.45, 2.75) is 13.8 Å². The van der Waals surface area contributed by atoms with E-state index in [4.69, 9.17) is 16.3 Å². The Balaban J connectivity index is 2.14. The molecule has 26 heavy (non-hydrogen) atoms. The third-order valence-corrected chi connectivity index (χ3v) is 5.48. The van der Waals surface area contributed by atoms with Crippen LogP contribution in [0.2, 0.25) is 5.02 Å². The lowest BCUT2D eigenvalue weighted by Gasteiger charge is -2.16. The highest BCUT2D eigenvalue weighted by Gasteiger charge is 2.41. The average Bonchev–Trinajstić information content (AvgIpc) is 2.88. The molecule has 2 amide bonds. The van der Waals surface area contributed by atoms with Crippen LogP contribution in [0.25, 0.3) is 5.57 Å². The van der Waals surface area contributed by atoms with E-state index in [-0.39, 0.29) is 11.8 Å². The third kappa shape index (κ3) is 3.13. The molecule has 0 saturated carbocycles. The van der Waals surface area contributed by atoms with Crippen LogP contribution in [0.5, 0.6) is 5.75 Å². The maximum absolute atomic E-state index is 13.2. The second kappa shape index (κ2) is 7.56. The molecule has 134 valence electrons. The summed E-state index contributed by atoms with van der Waals surface area (Å²) < 4.78 is 5.40. The smallest absolute Gasteiger partial charge is 0.272 e. The molecule has 1 aliphatic rings. The van der Waals surface area contributed by atoms with Gasteiger partial charge in [0.2, 0.25) is 0 Å². The lowest BCUT2D eigenvalue weighted by Crippen LogP contribution is -2.31. The number of methoxy groups -OCH3 is 1. The molecule has 6 heteroatoms. The Bertz CT molecular complexity index is 923. The minimum atomic E-state index is -0.365. The van der Waals surface area contributed by atoms with Crippen LogP contribution in [0.3, 0.4) is 0 Å². The van der Waals surface area contributed by atoms with Gasteiger partial charge in [-0.3, -0.25) is 9.59 Å². The quantitative estimate of drug-likeness (QED) is 0.698. The molecule has 0 saturated heterocycles.